The Bertz CT molecular complexity index is 477. The number of ether oxygens (including phenoxy) is 1. The second-order valence-electron chi connectivity index (χ2n) is 3.98. The predicted octanol–water partition coefficient (Wildman–Crippen LogP) is 3.86. The van der Waals surface area contributed by atoms with E-state index < -0.39 is 17.7 Å². The Labute approximate surface area is 123 Å². The van der Waals surface area contributed by atoms with Crippen LogP contribution in [0, 0.1) is 0 Å². The van der Waals surface area contributed by atoms with Crippen molar-refractivity contribution >= 4 is 27.6 Å². The van der Waals surface area contributed by atoms with Gasteiger partial charge in [-0.3, -0.25) is 4.79 Å². The quantitative estimate of drug-likeness (QED) is 0.753. The first kappa shape index (κ1) is 16.8. The number of carbonyl (C=O) groups is 1. The summed E-state index contributed by atoms with van der Waals surface area (Å²) in [4.78, 5) is 12.8. The minimum atomic E-state index is -4.48. The maximum atomic E-state index is 13.0. The van der Waals surface area contributed by atoms with Crippen molar-refractivity contribution in [1.82, 2.24) is 0 Å². The average molecular weight is 354 g/mol. The molecule has 0 spiro atoms. The lowest BCUT2D eigenvalue weighted by Crippen LogP contribution is -2.32. The van der Waals surface area contributed by atoms with Gasteiger partial charge in [0, 0.05) is 16.7 Å². The van der Waals surface area contributed by atoms with E-state index in [9.17, 15) is 18.0 Å². The topological polar surface area (TPSA) is 29.5 Å². The highest BCUT2D eigenvalue weighted by Crippen LogP contribution is 2.38. The average Bonchev–Trinajstić information content (AvgIpc) is 2.35. The van der Waals surface area contributed by atoms with Crippen LogP contribution in [0.2, 0.25) is 0 Å². The molecule has 0 aliphatic rings. The summed E-state index contributed by atoms with van der Waals surface area (Å²) in [5.74, 6) is -0.551. The van der Waals surface area contributed by atoms with Crippen LogP contribution in [-0.4, -0.2) is 25.7 Å². The van der Waals surface area contributed by atoms with Crippen LogP contribution in [0.4, 0.5) is 18.9 Å². The van der Waals surface area contributed by atoms with Crippen LogP contribution < -0.4 is 4.90 Å². The van der Waals surface area contributed by atoms with E-state index in [1.165, 1.54) is 17.0 Å². The normalized spacial score (nSPS) is 11.3. The number of carbonyl (C=O) groups excluding carboxylic acids is 1. The van der Waals surface area contributed by atoms with Gasteiger partial charge in [0.25, 0.3) is 0 Å². The number of hydrogen-bond acceptors (Lipinski definition) is 3. The lowest BCUT2D eigenvalue weighted by molar-refractivity contribution is -0.142. The van der Waals surface area contributed by atoms with Crippen molar-refractivity contribution in [2.75, 3.05) is 24.6 Å². The molecule has 0 bridgehead atoms. The van der Waals surface area contributed by atoms with E-state index in [1.54, 1.807) is 13.8 Å². The highest BCUT2D eigenvalue weighted by Gasteiger charge is 2.35. The second kappa shape index (κ2) is 6.97. The van der Waals surface area contributed by atoms with Gasteiger partial charge < -0.3 is 9.64 Å². The third kappa shape index (κ3) is 4.40. The Hall–Kier alpha value is -1.24. The molecule has 0 aromatic heterocycles. The van der Waals surface area contributed by atoms with E-state index in [1.807, 2.05) is 0 Å². The SMILES string of the molecule is CCOC(=O)CN(CC)c1ccc(Br)cc1C(F)(F)F. The number of alkyl halides is 3. The van der Waals surface area contributed by atoms with E-state index in [0.717, 1.165) is 6.07 Å². The standard InChI is InChI=1S/C13H15BrF3NO2/c1-3-18(8-12(19)20-4-2)11-6-5-9(14)7-10(11)13(15,16)17/h5-7H,3-4,8H2,1-2H3. The molecule has 0 aliphatic heterocycles. The van der Waals surface area contributed by atoms with Gasteiger partial charge in [-0.15, -0.1) is 0 Å². The van der Waals surface area contributed by atoms with Crippen molar-refractivity contribution < 1.29 is 22.7 Å². The Morgan fingerprint density at radius 2 is 2.00 bits per heavy atom. The molecule has 0 unspecified atom stereocenters. The number of hydrogen-bond donors (Lipinski definition) is 0. The Balaban J connectivity index is 3.12. The molecular formula is C13H15BrF3NO2. The summed E-state index contributed by atoms with van der Waals surface area (Å²) in [6.07, 6.45) is -4.48. The lowest BCUT2D eigenvalue weighted by Gasteiger charge is -2.25. The lowest BCUT2D eigenvalue weighted by atomic mass is 10.1. The minimum absolute atomic E-state index is 0.0312. The summed E-state index contributed by atoms with van der Waals surface area (Å²) in [5.41, 5.74) is -0.811. The van der Waals surface area contributed by atoms with Crippen LogP contribution in [-0.2, 0) is 15.7 Å². The number of esters is 1. The first-order valence-corrected chi connectivity index (χ1v) is 6.86. The van der Waals surface area contributed by atoms with Gasteiger partial charge in [-0.2, -0.15) is 13.2 Å². The smallest absolute Gasteiger partial charge is 0.418 e. The first-order valence-electron chi connectivity index (χ1n) is 6.06. The second-order valence-corrected chi connectivity index (χ2v) is 4.89. The van der Waals surface area contributed by atoms with E-state index in [-0.39, 0.29) is 25.4 Å². The monoisotopic (exact) mass is 353 g/mol. The molecule has 0 amide bonds. The summed E-state index contributed by atoms with van der Waals surface area (Å²) in [6.45, 7) is 3.58. The molecule has 1 rings (SSSR count). The number of halogens is 4. The van der Waals surface area contributed by atoms with Crippen LogP contribution in [0.3, 0.4) is 0 Å². The van der Waals surface area contributed by atoms with E-state index >= 15 is 0 Å². The number of nitrogens with zero attached hydrogens (tertiary/aromatic N) is 1. The van der Waals surface area contributed by atoms with Crippen molar-refractivity contribution in [2.45, 2.75) is 20.0 Å². The van der Waals surface area contributed by atoms with Crippen molar-refractivity contribution in [3.05, 3.63) is 28.2 Å². The summed E-state index contributed by atoms with van der Waals surface area (Å²) in [6, 6.07) is 3.86. The predicted molar refractivity (Wildman–Crippen MR) is 73.7 cm³/mol. The zero-order valence-electron chi connectivity index (χ0n) is 11.1. The Morgan fingerprint density at radius 3 is 2.50 bits per heavy atom. The van der Waals surface area contributed by atoms with Crippen molar-refractivity contribution in [2.24, 2.45) is 0 Å². The number of benzene rings is 1. The van der Waals surface area contributed by atoms with Gasteiger partial charge in [0.2, 0.25) is 0 Å². The molecule has 112 valence electrons. The van der Waals surface area contributed by atoms with Crippen molar-refractivity contribution in [1.29, 1.82) is 0 Å². The molecule has 0 N–H and O–H groups in total. The maximum Gasteiger partial charge on any atom is 0.418 e. The largest absolute Gasteiger partial charge is 0.465 e. The zero-order chi connectivity index (χ0) is 15.3. The summed E-state index contributed by atoms with van der Waals surface area (Å²) in [5, 5.41) is 0. The molecular weight excluding hydrogens is 339 g/mol. The third-order valence-corrected chi connectivity index (χ3v) is 3.10. The summed E-state index contributed by atoms with van der Waals surface area (Å²) < 4.78 is 44.2. The molecule has 7 heteroatoms. The molecule has 0 heterocycles. The fraction of sp³-hybridized carbons (Fsp3) is 0.462. The van der Waals surface area contributed by atoms with Gasteiger partial charge in [-0.25, -0.2) is 0 Å². The van der Waals surface area contributed by atoms with Gasteiger partial charge in [0.15, 0.2) is 0 Å². The molecule has 0 saturated heterocycles. The van der Waals surface area contributed by atoms with Gasteiger partial charge in [0.05, 0.1) is 12.2 Å². The fourth-order valence-corrected chi connectivity index (χ4v) is 2.10. The summed E-state index contributed by atoms with van der Waals surface area (Å²) >= 11 is 3.03. The zero-order valence-corrected chi connectivity index (χ0v) is 12.7. The van der Waals surface area contributed by atoms with Crippen LogP contribution in [0.15, 0.2) is 22.7 Å². The Kier molecular flexibility index (Phi) is 5.86. The third-order valence-electron chi connectivity index (χ3n) is 2.61. The molecule has 1 aromatic rings. The molecule has 0 fully saturated rings. The van der Waals surface area contributed by atoms with E-state index in [2.05, 4.69) is 15.9 Å². The van der Waals surface area contributed by atoms with Gasteiger partial charge in [-0.05, 0) is 32.0 Å². The van der Waals surface area contributed by atoms with Crippen molar-refractivity contribution in [3.8, 4) is 0 Å². The van der Waals surface area contributed by atoms with E-state index in [0.29, 0.717) is 4.47 Å². The molecule has 3 nitrogen and oxygen atoms in total. The highest BCUT2D eigenvalue weighted by atomic mass is 79.9. The molecule has 0 radical (unpaired) electrons. The summed E-state index contributed by atoms with van der Waals surface area (Å²) in [7, 11) is 0. The molecule has 20 heavy (non-hydrogen) atoms. The first-order chi connectivity index (χ1) is 9.29. The van der Waals surface area contributed by atoms with Crippen LogP contribution in [0.5, 0.6) is 0 Å². The van der Waals surface area contributed by atoms with Crippen LogP contribution in [0.25, 0.3) is 0 Å². The molecule has 1 aromatic carbocycles. The Morgan fingerprint density at radius 1 is 1.35 bits per heavy atom. The number of anilines is 1. The highest BCUT2D eigenvalue weighted by molar-refractivity contribution is 9.10. The van der Waals surface area contributed by atoms with Crippen molar-refractivity contribution in [3.63, 3.8) is 0 Å². The van der Waals surface area contributed by atoms with Crippen LogP contribution in [0.1, 0.15) is 19.4 Å². The van der Waals surface area contributed by atoms with E-state index in [4.69, 9.17) is 4.74 Å². The van der Waals surface area contributed by atoms with Gasteiger partial charge >= 0.3 is 12.1 Å². The number of rotatable bonds is 5. The number of likely N-dealkylation sites (N-methyl/N-ethyl adjacent to an activating group) is 1. The fourth-order valence-electron chi connectivity index (χ4n) is 1.74. The molecule has 0 atom stereocenters. The van der Waals surface area contributed by atoms with Crippen LogP contribution >= 0.6 is 15.9 Å². The molecule has 0 saturated carbocycles. The molecule has 0 aliphatic carbocycles. The minimum Gasteiger partial charge on any atom is -0.465 e. The van der Waals surface area contributed by atoms with Gasteiger partial charge in [0.1, 0.15) is 6.54 Å². The van der Waals surface area contributed by atoms with Gasteiger partial charge in [-0.1, -0.05) is 15.9 Å². The maximum absolute atomic E-state index is 13.0.